The highest BCUT2D eigenvalue weighted by Crippen LogP contribution is 2.28. The van der Waals surface area contributed by atoms with Crippen LogP contribution < -0.4 is 20.1 Å². The van der Waals surface area contributed by atoms with E-state index < -0.39 is 0 Å². The standard InChI is InChI=1S/C20H23BrN2O4/c1-3-26-17-9-8-15(11-18(17)27-4-2)20(25)23-13-19(24)22-12-14-6-5-7-16(21)10-14/h5-11H,3-4,12-13H2,1-2H3,(H,22,24)(H,23,25). The van der Waals surface area contributed by atoms with Crippen LogP contribution in [0, 0.1) is 0 Å². The van der Waals surface area contributed by atoms with Gasteiger partial charge in [0.1, 0.15) is 0 Å². The van der Waals surface area contributed by atoms with Crippen LogP contribution in [0.5, 0.6) is 11.5 Å². The lowest BCUT2D eigenvalue weighted by Gasteiger charge is -2.12. The zero-order valence-corrected chi connectivity index (χ0v) is 17.0. The van der Waals surface area contributed by atoms with Crippen LogP contribution >= 0.6 is 15.9 Å². The van der Waals surface area contributed by atoms with Gasteiger partial charge in [-0.25, -0.2) is 0 Å². The minimum absolute atomic E-state index is 0.107. The maximum absolute atomic E-state index is 12.3. The van der Waals surface area contributed by atoms with Crippen molar-refractivity contribution in [3.05, 3.63) is 58.1 Å². The van der Waals surface area contributed by atoms with Crippen LogP contribution in [0.2, 0.25) is 0 Å². The molecule has 0 atom stereocenters. The second-order valence-corrected chi connectivity index (χ2v) is 6.53. The summed E-state index contributed by atoms with van der Waals surface area (Å²) in [6, 6.07) is 12.6. The quantitative estimate of drug-likeness (QED) is 0.634. The number of halogens is 1. The van der Waals surface area contributed by atoms with E-state index in [-0.39, 0.29) is 18.4 Å². The SMILES string of the molecule is CCOc1ccc(C(=O)NCC(=O)NCc2cccc(Br)c2)cc1OCC. The lowest BCUT2D eigenvalue weighted by Crippen LogP contribution is -2.36. The van der Waals surface area contributed by atoms with Crippen LogP contribution in [0.3, 0.4) is 0 Å². The molecule has 7 heteroatoms. The first-order valence-corrected chi connectivity index (χ1v) is 9.51. The number of carbonyl (C=O) groups excluding carboxylic acids is 2. The molecule has 0 heterocycles. The summed E-state index contributed by atoms with van der Waals surface area (Å²) in [5.74, 6) is 0.477. The van der Waals surface area contributed by atoms with Gasteiger partial charge in [0.05, 0.1) is 19.8 Å². The first kappa shape index (κ1) is 20.8. The highest BCUT2D eigenvalue weighted by molar-refractivity contribution is 9.10. The number of hydrogen-bond acceptors (Lipinski definition) is 4. The van der Waals surface area contributed by atoms with Gasteiger partial charge in [-0.3, -0.25) is 9.59 Å². The van der Waals surface area contributed by atoms with Gasteiger partial charge in [-0.15, -0.1) is 0 Å². The van der Waals surface area contributed by atoms with Crippen LogP contribution in [0.25, 0.3) is 0 Å². The largest absolute Gasteiger partial charge is 0.490 e. The molecule has 0 radical (unpaired) electrons. The van der Waals surface area contributed by atoms with Crippen molar-refractivity contribution in [2.24, 2.45) is 0 Å². The Kier molecular flexibility index (Phi) is 8.13. The van der Waals surface area contributed by atoms with Crippen LogP contribution in [0.4, 0.5) is 0 Å². The summed E-state index contributed by atoms with van der Waals surface area (Å²) < 4.78 is 11.9. The summed E-state index contributed by atoms with van der Waals surface area (Å²) in [4.78, 5) is 24.3. The van der Waals surface area contributed by atoms with Gasteiger partial charge in [0.2, 0.25) is 5.91 Å². The van der Waals surface area contributed by atoms with Crippen molar-refractivity contribution >= 4 is 27.7 Å². The lowest BCUT2D eigenvalue weighted by molar-refractivity contribution is -0.120. The third kappa shape index (κ3) is 6.60. The van der Waals surface area contributed by atoms with Crippen molar-refractivity contribution in [3.63, 3.8) is 0 Å². The Labute approximate surface area is 167 Å². The van der Waals surface area contributed by atoms with Crippen LogP contribution in [0.1, 0.15) is 29.8 Å². The molecule has 0 aliphatic heterocycles. The molecule has 0 bridgehead atoms. The van der Waals surface area contributed by atoms with E-state index in [0.29, 0.717) is 36.8 Å². The Morgan fingerprint density at radius 1 is 0.963 bits per heavy atom. The smallest absolute Gasteiger partial charge is 0.251 e. The molecule has 0 aliphatic rings. The third-order valence-corrected chi connectivity index (χ3v) is 4.09. The molecule has 0 saturated heterocycles. The molecule has 0 fully saturated rings. The molecule has 144 valence electrons. The van der Waals surface area contributed by atoms with E-state index in [1.54, 1.807) is 18.2 Å². The van der Waals surface area contributed by atoms with Gasteiger partial charge in [0.25, 0.3) is 5.91 Å². The molecule has 0 aromatic heterocycles. The van der Waals surface area contributed by atoms with Crippen molar-refractivity contribution < 1.29 is 19.1 Å². The van der Waals surface area contributed by atoms with Crippen molar-refractivity contribution in [1.82, 2.24) is 10.6 Å². The predicted molar refractivity (Wildman–Crippen MR) is 107 cm³/mol. The first-order chi connectivity index (χ1) is 13.0. The zero-order valence-electron chi connectivity index (χ0n) is 15.4. The zero-order chi connectivity index (χ0) is 19.6. The summed E-state index contributed by atoms with van der Waals surface area (Å²) in [6.45, 7) is 4.99. The van der Waals surface area contributed by atoms with Crippen LogP contribution in [0.15, 0.2) is 46.9 Å². The Morgan fingerprint density at radius 3 is 2.41 bits per heavy atom. The minimum atomic E-state index is -0.350. The van der Waals surface area contributed by atoms with Crippen molar-refractivity contribution in [2.75, 3.05) is 19.8 Å². The second kappa shape index (κ2) is 10.6. The van der Waals surface area contributed by atoms with E-state index in [4.69, 9.17) is 9.47 Å². The molecule has 2 rings (SSSR count). The van der Waals surface area contributed by atoms with E-state index in [1.807, 2.05) is 38.1 Å². The van der Waals surface area contributed by atoms with E-state index >= 15 is 0 Å². The predicted octanol–water partition coefficient (Wildman–Crippen LogP) is 3.29. The number of carbonyl (C=O) groups is 2. The molecule has 2 amide bonds. The Balaban J connectivity index is 1.88. The van der Waals surface area contributed by atoms with Gasteiger partial charge in [0.15, 0.2) is 11.5 Å². The third-order valence-electron chi connectivity index (χ3n) is 3.59. The fourth-order valence-corrected chi connectivity index (χ4v) is 2.81. The molecule has 6 nitrogen and oxygen atoms in total. The molecule has 2 N–H and O–H groups in total. The van der Waals surface area contributed by atoms with Crippen LogP contribution in [-0.4, -0.2) is 31.6 Å². The van der Waals surface area contributed by atoms with E-state index in [2.05, 4.69) is 26.6 Å². The molecule has 0 spiro atoms. The normalized spacial score (nSPS) is 10.2. The summed E-state index contributed by atoms with van der Waals surface area (Å²) in [5, 5.41) is 5.38. The molecule has 2 aromatic carbocycles. The molecular weight excluding hydrogens is 412 g/mol. The Morgan fingerprint density at radius 2 is 1.70 bits per heavy atom. The molecule has 27 heavy (non-hydrogen) atoms. The highest BCUT2D eigenvalue weighted by atomic mass is 79.9. The monoisotopic (exact) mass is 434 g/mol. The average Bonchev–Trinajstić information content (AvgIpc) is 2.66. The molecule has 2 aromatic rings. The second-order valence-electron chi connectivity index (χ2n) is 5.62. The maximum Gasteiger partial charge on any atom is 0.251 e. The fraction of sp³-hybridized carbons (Fsp3) is 0.300. The maximum atomic E-state index is 12.3. The number of rotatable bonds is 9. The summed E-state index contributed by atoms with van der Waals surface area (Å²) in [7, 11) is 0. The van der Waals surface area contributed by atoms with Gasteiger partial charge in [-0.1, -0.05) is 28.1 Å². The topological polar surface area (TPSA) is 76.7 Å². The number of benzene rings is 2. The lowest BCUT2D eigenvalue weighted by atomic mass is 10.2. The number of amides is 2. The van der Waals surface area contributed by atoms with Gasteiger partial charge in [-0.05, 0) is 49.7 Å². The first-order valence-electron chi connectivity index (χ1n) is 8.72. The van der Waals surface area contributed by atoms with Crippen molar-refractivity contribution in [2.45, 2.75) is 20.4 Å². The van der Waals surface area contributed by atoms with Gasteiger partial charge in [0, 0.05) is 16.6 Å². The molecule has 0 saturated carbocycles. The molecular formula is C20H23BrN2O4. The van der Waals surface area contributed by atoms with E-state index in [1.165, 1.54) is 0 Å². The van der Waals surface area contributed by atoms with Gasteiger partial charge in [-0.2, -0.15) is 0 Å². The van der Waals surface area contributed by atoms with Gasteiger partial charge < -0.3 is 20.1 Å². The Hall–Kier alpha value is -2.54. The number of ether oxygens (including phenoxy) is 2. The number of nitrogens with one attached hydrogen (secondary N) is 2. The highest BCUT2D eigenvalue weighted by Gasteiger charge is 2.12. The Bertz CT molecular complexity index is 795. The number of hydrogen-bond donors (Lipinski definition) is 2. The summed E-state index contributed by atoms with van der Waals surface area (Å²) in [6.07, 6.45) is 0. The molecule has 0 aliphatic carbocycles. The van der Waals surface area contributed by atoms with Crippen LogP contribution in [-0.2, 0) is 11.3 Å². The average molecular weight is 435 g/mol. The minimum Gasteiger partial charge on any atom is -0.490 e. The van der Waals surface area contributed by atoms with Gasteiger partial charge >= 0.3 is 0 Å². The van der Waals surface area contributed by atoms with E-state index in [9.17, 15) is 9.59 Å². The molecule has 0 unspecified atom stereocenters. The van der Waals surface area contributed by atoms with E-state index in [0.717, 1.165) is 10.0 Å². The fourth-order valence-electron chi connectivity index (χ4n) is 2.37. The van der Waals surface area contributed by atoms with Crippen molar-refractivity contribution in [3.8, 4) is 11.5 Å². The summed E-state index contributed by atoms with van der Waals surface area (Å²) >= 11 is 3.39. The van der Waals surface area contributed by atoms with Crippen molar-refractivity contribution in [1.29, 1.82) is 0 Å². The summed E-state index contributed by atoms with van der Waals surface area (Å²) in [5.41, 5.74) is 1.37.